The molecule has 0 aliphatic carbocycles. The van der Waals surface area contributed by atoms with Gasteiger partial charge in [-0.1, -0.05) is 13.3 Å². The summed E-state index contributed by atoms with van der Waals surface area (Å²) in [5, 5.41) is 6.04. The molecule has 0 spiro atoms. The van der Waals surface area contributed by atoms with Gasteiger partial charge in [0, 0.05) is 12.1 Å². The molecular weight excluding hydrogens is 274 g/mol. The van der Waals surface area contributed by atoms with Gasteiger partial charge in [0.25, 0.3) is 0 Å². The minimum absolute atomic E-state index is 0.0291. The second-order valence-electron chi connectivity index (χ2n) is 5.70. The van der Waals surface area contributed by atoms with Gasteiger partial charge in [0.15, 0.2) is 0 Å². The molecule has 1 fully saturated rings. The first kappa shape index (κ1) is 15.9. The Labute approximate surface area is 124 Å². The van der Waals surface area contributed by atoms with Crippen LogP contribution in [0.15, 0.2) is 18.2 Å². The quantitative estimate of drug-likeness (QED) is 0.877. The topological polar surface area (TPSA) is 41.1 Å². The highest BCUT2D eigenvalue weighted by Crippen LogP contribution is 2.34. The Balaban J connectivity index is 2.03. The van der Waals surface area contributed by atoms with Gasteiger partial charge in [0.1, 0.15) is 11.6 Å². The van der Waals surface area contributed by atoms with Crippen LogP contribution in [0.2, 0.25) is 0 Å². The second kappa shape index (κ2) is 6.98. The van der Waals surface area contributed by atoms with Crippen molar-refractivity contribution in [3.05, 3.63) is 35.4 Å². The highest BCUT2D eigenvalue weighted by atomic mass is 19.1. The average Bonchev–Trinajstić information content (AvgIpc) is 2.49. The summed E-state index contributed by atoms with van der Waals surface area (Å²) in [6, 6.07) is 3.29. The van der Waals surface area contributed by atoms with E-state index in [-0.39, 0.29) is 23.4 Å². The fourth-order valence-corrected chi connectivity index (χ4v) is 3.02. The van der Waals surface area contributed by atoms with Crippen molar-refractivity contribution in [1.29, 1.82) is 0 Å². The predicted molar refractivity (Wildman–Crippen MR) is 77.6 cm³/mol. The smallest absolute Gasteiger partial charge is 0.226 e. The molecule has 1 amide bonds. The van der Waals surface area contributed by atoms with Crippen molar-refractivity contribution in [2.24, 2.45) is 5.41 Å². The number of rotatable bonds is 5. The van der Waals surface area contributed by atoms with Crippen LogP contribution in [0.5, 0.6) is 0 Å². The lowest BCUT2D eigenvalue weighted by Crippen LogP contribution is -2.47. The fourth-order valence-electron chi connectivity index (χ4n) is 3.02. The SMILES string of the molecule is CCCC1(C(=O)NCc2cc(F)ccc2F)CCNCC1. The number of benzene rings is 1. The molecular formula is C16H22F2N2O. The number of hydrogen-bond acceptors (Lipinski definition) is 2. The Hall–Kier alpha value is -1.49. The molecule has 1 saturated heterocycles. The molecule has 2 rings (SSSR count). The van der Waals surface area contributed by atoms with Gasteiger partial charge in [-0.25, -0.2) is 8.78 Å². The molecule has 1 aromatic carbocycles. The Morgan fingerprint density at radius 2 is 2.05 bits per heavy atom. The molecule has 0 aromatic heterocycles. The summed E-state index contributed by atoms with van der Waals surface area (Å²) >= 11 is 0. The molecule has 0 saturated carbocycles. The monoisotopic (exact) mass is 296 g/mol. The number of amides is 1. The summed E-state index contributed by atoms with van der Waals surface area (Å²) in [6.07, 6.45) is 3.34. The summed E-state index contributed by atoms with van der Waals surface area (Å²) in [5.74, 6) is -1.04. The van der Waals surface area contributed by atoms with Crippen LogP contribution in [0, 0.1) is 17.0 Å². The van der Waals surface area contributed by atoms with E-state index in [1.165, 1.54) is 0 Å². The van der Waals surface area contributed by atoms with Crippen molar-refractivity contribution >= 4 is 5.91 Å². The van der Waals surface area contributed by atoms with Gasteiger partial charge in [-0.3, -0.25) is 4.79 Å². The van der Waals surface area contributed by atoms with Crippen molar-refractivity contribution in [3.8, 4) is 0 Å². The van der Waals surface area contributed by atoms with Crippen LogP contribution >= 0.6 is 0 Å². The van der Waals surface area contributed by atoms with Gasteiger partial charge < -0.3 is 10.6 Å². The maximum absolute atomic E-state index is 13.6. The minimum Gasteiger partial charge on any atom is -0.351 e. The van der Waals surface area contributed by atoms with Crippen LogP contribution < -0.4 is 10.6 Å². The van der Waals surface area contributed by atoms with Crippen LogP contribution in [0.25, 0.3) is 0 Å². The van der Waals surface area contributed by atoms with E-state index in [4.69, 9.17) is 0 Å². The molecule has 5 heteroatoms. The third kappa shape index (κ3) is 3.79. The molecule has 0 atom stereocenters. The molecule has 1 heterocycles. The molecule has 0 unspecified atom stereocenters. The van der Waals surface area contributed by atoms with Gasteiger partial charge in [0.2, 0.25) is 5.91 Å². The van der Waals surface area contributed by atoms with Crippen molar-refractivity contribution in [2.75, 3.05) is 13.1 Å². The summed E-state index contributed by atoms with van der Waals surface area (Å²) in [6.45, 7) is 3.73. The number of nitrogens with one attached hydrogen (secondary N) is 2. The highest BCUT2D eigenvalue weighted by Gasteiger charge is 2.38. The third-order valence-electron chi connectivity index (χ3n) is 4.22. The highest BCUT2D eigenvalue weighted by molar-refractivity contribution is 5.82. The molecule has 1 aromatic rings. The summed E-state index contributed by atoms with van der Waals surface area (Å²) in [7, 11) is 0. The Kier molecular flexibility index (Phi) is 5.28. The summed E-state index contributed by atoms with van der Waals surface area (Å²) < 4.78 is 26.7. The Morgan fingerprint density at radius 1 is 1.33 bits per heavy atom. The first-order chi connectivity index (χ1) is 10.1. The first-order valence-corrected chi connectivity index (χ1v) is 7.50. The number of piperidine rings is 1. The number of carbonyl (C=O) groups is 1. The fraction of sp³-hybridized carbons (Fsp3) is 0.562. The van der Waals surface area contributed by atoms with Crippen molar-refractivity contribution in [2.45, 2.75) is 39.2 Å². The van der Waals surface area contributed by atoms with E-state index in [1.807, 2.05) is 0 Å². The molecule has 0 bridgehead atoms. The Bertz CT molecular complexity index is 494. The lowest BCUT2D eigenvalue weighted by molar-refractivity contribution is -0.133. The molecule has 21 heavy (non-hydrogen) atoms. The zero-order valence-electron chi connectivity index (χ0n) is 12.3. The first-order valence-electron chi connectivity index (χ1n) is 7.50. The standard InChI is InChI=1S/C16H22F2N2O/c1-2-5-16(6-8-19-9-7-16)15(21)20-11-12-10-13(17)3-4-14(12)18/h3-4,10,19H,2,5-9,11H2,1H3,(H,20,21). The van der Waals surface area contributed by atoms with Gasteiger partial charge in [-0.15, -0.1) is 0 Å². The van der Waals surface area contributed by atoms with Crippen LogP contribution in [0.4, 0.5) is 8.78 Å². The van der Waals surface area contributed by atoms with Gasteiger partial charge in [-0.05, 0) is 50.6 Å². The van der Waals surface area contributed by atoms with Crippen molar-refractivity contribution in [3.63, 3.8) is 0 Å². The molecule has 0 radical (unpaired) electrons. The third-order valence-corrected chi connectivity index (χ3v) is 4.22. The lowest BCUT2D eigenvalue weighted by atomic mass is 9.74. The maximum Gasteiger partial charge on any atom is 0.226 e. The lowest BCUT2D eigenvalue weighted by Gasteiger charge is -2.36. The van der Waals surface area contributed by atoms with Crippen molar-refractivity contribution < 1.29 is 13.6 Å². The van der Waals surface area contributed by atoms with Crippen LogP contribution in [-0.2, 0) is 11.3 Å². The molecule has 2 N–H and O–H groups in total. The number of halogens is 2. The van der Waals surface area contributed by atoms with E-state index in [1.54, 1.807) is 0 Å². The molecule has 1 aliphatic rings. The van der Waals surface area contributed by atoms with Gasteiger partial charge in [-0.2, -0.15) is 0 Å². The molecule has 3 nitrogen and oxygen atoms in total. The van der Waals surface area contributed by atoms with E-state index in [9.17, 15) is 13.6 Å². The maximum atomic E-state index is 13.6. The Morgan fingerprint density at radius 3 is 2.71 bits per heavy atom. The predicted octanol–water partition coefficient (Wildman–Crippen LogP) is 2.75. The van der Waals surface area contributed by atoms with E-state index >= 15 is 0 Å². The second-order valence-corrected chi connectivity index (χ2v) is 5.70. The van der Waals surface area contributed by atoms with Gasteiger partial charge in [0.05, 0.1) is 5.41 Å². The van der Waals surface area contributed by atoms with Crippen molar-refractivity contribution in [1.82, 2.24) is 10.6 Å². The van der Waals surface area contributed by atoms with Gasteiger partial charge >= 0.3 is 0 Å². The van der Waals surface area contributed by atoms with E-state index < -0.39 is 11.6 Å². The zero-order chi connectivity index (χ0) is 15.3. The summed E-state index contributed by atoms with van der Waals surface area (Å²) in [5.41, 5.74) is -0.187. The normalized spacial score (nSPS) is 17.5. The van der Waals surface area contributed by atoms with E-state index in [0.717, 1.165) is 57.0 Å². The van der Waals surface area contributed by atoms with E-state index in [0.29, 0.717) is 0 Å². The average molecular weight is 296 g/mol. The number of carbonyl (C=O) groups excluding carboxylic acids is 1. The van der Waals surface area contributed by atoms with Crippen LogP contribution in [-0.4, -0.2) is 19.0 Å². The molecule has 116 valence electrons. The molecule has 1 aliphatic heterocycles. The largest absolute Gasteiger partial charge is 0.351 e. The minimum atomic E-state index is -0.495. The zero-order valence-corrected chi connectivity index (χ0v) is 12.3. The number of hydrogen-bond donors (Lipinski definition) is 2. The van der Waals surface area contributed by atoms with Crippen LogP contribution in [0.1, 0.15) is 38.2 Å². The summed E-state index contributed by atoms with van der Waals surface area (Å²) in [4.78, 5) is 12.5. The van der Waals surface area contributed by atoms with Crippen LogP contribution in [0.3, 0.4) is 0 Å². The van der Waals surface area contributed by atoms with E-state index in [2.05, 4.69) is 17.6 Å².